The SMILES string of the molecule is COc1ccc(S(=O)(=O)NC(=O)c2cc3c(Nc4ccc(F)c(Cl)c4)cc(C)cc3[nH]2)cc1. The number of carbonyl (C=O) groups is 1. The summed E-state index contributed by atoms with van der Waals surface area (Å²) in [4.78, 5) is 15.6. The summed E-state index contributed by atoms with van der Waals surface area (Å²) in [6, 6.07) is 15.1. The van der Waals surface area contributed by atoms with Crippen LogP contribution in [0.25, 0.3) is 10.9 Å². The molecule has 0 saturated carbocycles. The van der Waals surface area contributed by atoms with Crippen LogP contribution in [0, 0.1) is 12.7 Å². The van der Waals surface area contributed by atoms with Crippen LogP contribution < -0.4 is 14.8 Å². The number of anilines is 2. The average Bonchev–Trinajstić information content (AvgIpc) is 3.20. The molecule has 4 rings (SSSR count). The van der Waals surface area contributed by atoms with Crippen molar-refractivity contribution in [3.8, 4) is 5.75 Å². The molecule has 0 aliphatic rings. The molecule has 1 amide bonds. The number of methoxy groups -OCH3 is 1. The summed E-state index contributed by atoms with van der Waals surface area (Å²) in [7, 11) is -2.62. The summed E-state index contributed by atoms with van der Waals surface area (Å²) in [5.41, 5.74) is 2.77. The van der Waals surface area contributed by atoms with Gasteiger partial charge in [0.15, 0.2) is 0 Å². The van der Waals surface area contributed by atoms with E-state index >= 15 is 0 Å². The van der Waals surface area contributed by atoms with Crippen LogP contribution in [0.4, 0.5) is 15.8 Å². The molecule has 1 heterocycles. The summed E-state index contributed by atoms with van der Waals surface area (Å²) in [6.07, 6.45) is 0. The number of halogens is 2. The van der Waals surface area contributed by atoms with E-state index < -0.39 is 21.7 Å². The Hall–Kier alpha value is -3.56. The van der Waals surface area contributed by atoms with Gasteiger partial charge in [0.2, 0.25) is 0 Å². The predicted octanol–water partition coefficient (Wildman–Crippen LogP) is 5.14. The van der Waals surface area contributed by atoms with Gasteiger partial charge in [-0.25, -0.2) is 17.5 Å². The van der Waals surface area contributed by atoms with Gasteiger partial charge in [-0.15, -0.1) is 0 Å². The summed E-state index contributed by atoms with van der Waals surface area (Å²) in [5, 5.41) is 3.78. The van der Waals surface area contributed by atoms with Crippen molar-refractivity contribution in [2.45, 2.75) is 11.8 Å². The van der Waals surface area contributed by atoms with Crippen LogP contribution in [-0.2, 0) is 10.0 Å². The second-order valence-corrected chi connectivity index (χ2v) is 9.41. The first-order valence-corrected chi connectivity index (χ1v) is 11.6. The van der Waals surface area contributed by atoms with Crippen LogP contribution in [0.2, 0.25) is 5.02 Å². The summed E-state index contributed by atoms with van der Waals surface area (Å²) < 4.78 is 45.8. The lowest BCUT2D eigenvalue weighted by Gasteiger charge is -2.09. The van der Waals surface area contributed by atoms with Gasteiger partial charge in [0.1, 0.15) is 17.3 Å². The molecule has 3 aromatic carbocycles. The monoisotopic (exact) mass is 487 g/mol. The smallest absolute Gasteiger partial charge is 0.281 e. The van der Waals surface area contributed by atoms with E-state index in [1.807, 2.05) is 19.1 Å². The van der Waals surface area contributed by atoms with Crippen LogP contribution in [-0.4, -0.2) is 26.4 Å². The van der Waals surface area contributed by atoms with Gasteiger partial charge in [-0.1, -0.05) is 11.6 Å². The molecule has 0 fully saturated rings. The van der Waals surface area contributed by atoms with Crippen LogP contribution >= 0.6 is 11.6 Å². The van der Waals surface area contributed by atoms with E-state index in [0.29, 0.717) is 28.0 Å². The van der Waals surface area contributed by atoms with Gasteiger partial charge in [-0.3, -0.25) is 4.79 Å². The fraction of sp³-hybridized carbons (Fsp3) is 0.0870. The number of amides is 1. The molecule has 1 aromatic heterocycles. The Morgan fingerprint density at radius 3 is 2.45 bits per heavy atom. The number of aryl methyl sites for hydroxylation is 1. The lowest BCUT2D eigenvalue weighted by molar-refractivity contribution is 0.0977. The lowest BCUT2D eigenvalue weighted by Crippen LogP contribution is -2.30. The molecule has 0 bridgehead atoms. The number of hydrogen-bond donors (Lipinski definition) is 3. The van der Waals surface area contributed by atoms with E-state index in [1.54, 1.807) is 6.07 Å². The van der Waals surface area contributed by atoms with E-state index in [-0.39, 0.29) is 15.6 Å². The summed E-state index contributed by atoms with van der Waals surface area (Å²) in [6.45, 7) is 1.87. The van der Waals surface area contributed by atoms with Crippen molar-refractivity contribution in [1.82, 2.24) is 9.71 Å². The fourth-order valence-electron chi connectivity index (χ4n) is 3.33. The van der Waals surface area contributed by atoms with Crippen molar-refractivity contribution in [2.75, 3.05) is 12.4 Å². The third kappa shape index (κ3) is 4.79. The molecule has 0 spiro atoms. The minimum absolute atomic E-state index is 0.0261. The largest absolute Gasteiger partial charge is 0.497 e. The minimum atomic E-state index is -4.09. The standard InChI is InChI=1S/C23H19ClFN3O4S/c1-13-9-20(26-14-3-8-19(25)18(24)11-14)17-12-22(27-21(17)10-13)23(29)28-33(30,31)16-6-4-15(32-2)5-7-16/h3-12,26-27H,1-2H3,(H,28,29). The molecule has 10 heteroatoms. The minimum Gasteiger partial charge on any atom is -0.497 e. The van der Waals surface area contributed by atoms with Crippen molar-refractivity contribution in [3.05, 3.63) is 82.8 Å². The second kappa shape index (κ2) is 8.76. The van der Waals surface area contributed by atoms with E-state index in [9.17, 15) is 17.6 Å². The molecule has 0 unspecified atom stereocenters. The molecule has 3 N–H and O–H groups in total. The Labute approximate surface area is 194 Å². The number of benzene rings is 3. The van der Waals surface area contributed by atoms with Gasteiger partial charge in [-0.2, -0.15) is 0 Å². The number of H-pyrrole nitrogens is 1. The third-order valence-corrected chi connectivity index (χ3v) is 6.56. The number of nitrogens with one attached hydrogen (secondary N) is 3. The first kappa shape index (κ1) is 22.6. The average molecular weight is 488 g/mol. The number of sulfonamides is 1. The first-order valence-electron chi connectivity index (χ1n) is 9.73. The van der Waals surface area contributed by atoms with Crippen LogP contribution in [0.15, 0.2) is 65.6 Å². The lowest BCUT2D eigenvalue weighted by atomic mass is 10.1. The molecular weight excluding hydrogens is 469 g/mol. The van der Waals surface area contributed by atoms with Crippen molar-refractivity contribution < 1.29 is 22.3 Å². The van der Waals surface area contributed by atoms with Crippen LogP contribution in [0.5, 0.6) is 5.75 Å². The Morgan fingerprint density at radius 2 is 1.79 bits per heavy atom. The Kier molecular flexibility index (Phi) is 6.01. The van der Waals surface area contributed by atoms with E-state index in [0.717, 1.165) is 5.56 Å². The van der Waals surface area contributed by atoms with Gasteiger partial charge in [0.05, 0.1) is 17.0 Å². The number of ether oxygens (including phenoxy) is 1. The molecule has 33 heavy (non-hydrogen) atoms. The van der Waals surface area contributed by atoms with Gasteiger partial charge in [-0.05, 0) is 73.2 Å². The van der Waals surface area contributed by atoms with Crippen molar-refractivity contribution in [2.24, 2.45) is 0 Å². The number of carbonyl (C=O) groups excluding carboxylic acids is 1. The maximum Gasteiger partial charge on any atom is 0.281 e. The maximum atomic E-state index is 13.5. The van der Waals surface area contributed by atoms with Gasteiger partial charge in [0.25, 0.3) is 15.9 Å². The highest BCUT2D eigenvalue weighted by molar-refractivity contribution is 7.90. The predicted molar refractivity (Wildman–Crippen MR) is 125 cm³/mol. The number of aromatic amines is 1. The van der Waals surface area contributed by atoms with Crippen molar-refractivity contribution in [1.29, 1.82) is 0 Å². The molecule has 0 aliphatic carbocycles. The molecule has 0 atom stereocenters. The van der Waals surface area contributed by atoms with E-state index in [1.165, 1.54) is 49.6 Å². The molecule has 0 radical (unpaired) electrons. The van der Waals surface area contributed by atoms with Gasteiger partial charge >= 0.3 is 0 Å². The van der Waals surface area contributed by atoms with Gasteiger partial charge in [0, 0.05) is 22.3 Å². The van der Waals surface area contributed by atoms with Crippen molar-refractivity contribution >= 4 is 49.8 Å². The zero-order chi connectivity index (χ0) is 23.8. The molecule has 4 aromatic rings. The van der Waals surface area contributed by atoms with Crippen LogP contribution in [0.1, 0.15) is 16.1 Å². The maximum absolute atomic E-state index is 13.5. The highest BCUT2D eigenvalue weighted by atomic mass is 35.5. The van der Waals surface area contributed by atoms with Gasteiger partial charge < -0.3 is 15.0 Å². The molecular formula is C23H19ClFN3O4S. The number of rotatable bonds is 6. The molecule has 170 valence electrons. The van der Waals surface area contributed by atoms with Crippen LogP contribution in [0.3, 0.4) is 0 Å². The number of aromatic nitrogens is 1. The van der Waals surface area contributed by atoms with Crippen molar-refractivity contribution in [3.63, 3.8) is 0 Å². The summed E-state index contributed by atoms with van der Waals surface area (Å²) >= 11 is 5.87. The molecule has 7 nitrogen and oxygen atoms in total. The second-order valence-electron chi connectivity index (χ2n) is 7.32. The first-order chi connectivity index (χ1) is 15.7. The van der Waals surface area contributed by atoms with E-state index in [4.69, 9.17) is 16.3 Å². The van der Waals surface area contributed by atoms with E-state index in [2.05, 4.69) is 15.0 Å². The fourth-order valence-corrected chi connectivity index (χ4v) is 4.47. The highest BCUT2D eigenvalue weighted by Crippen LogP contribution is 2.30. The zero-order valence-corrected chi connectivity index (χ0v) is 19.1. The number of fused-ring (bicyclic) bond motifs is 1. The normalized spacial score (nSPS) is 11.4. The quantitative estimate of drug-likeness (QED) is 0.349. The Bertz CT molecular complexity index is 1470. The Morgan fingerprint density at radius 1 is 1.06 bits per heavy atom. The zero-order valence-electron chi connectivity index (χ0n) is 17.6. The molecule has 0 saturated heterocycles. The third-order valence-electron chi connectivity index (χ3n) is 4.92. The Balaban J connectivity index is 1.63. The topological polar surface area (TPSA) is 100 Å². The number of hydrogen-bond acceptors (Lipinski definition) is 5. The summed E-state index contributed by atoms with van der Waals surface area (Å²) in [5.74, 6) is -0.848. The highest BCUT2D eigenvalue weighted by Gasteiger charge is 2.21. The molecule has 0 aliphatic heterocycles.